The van der Waals surface area contributed by atoms with Gasteiger partial charge in [-0.05, 0) is 55.2 Å². The highest BCUT2D eigenvalue weighted by Gasteiger charge is 2.18. The van der Waals surface area contributed by atoms with E-state index in [-0.39, 0.29) is 11.5 Å². The van der Waals surface area contributed by atoms with Gasteiger partial charge in [-0.25, -0.2) is 4.79 Å². The number of para-hydroxylation sites is 1. The number of ketones is 1. The molecule has 0 bridgehead atoms. The second kappa shape index (κ2) is 11.4. The lowest BCUT2D eigenvalue weighted by atomic mass is 10.0. The van der Waals surface area contributed by atoms with Crippen molar-refractivity contribution < 1.29 is 4.79 Å². The van der Waals surface area contributed by atoms with Gasteiger partial charge in [0.05, 0.1) is 5.69 Å². The standard InChI is InChI=1S/C30H31N7O2/c1-4-5-10-24-19-37(28-20(2)9-8-13-25(28)21(3)38)30(39)36(24)17-16-23-15-14-22(18-31-23)26-11-6-7-12-27(26)29-32-34-35-33-29/h6-9,11-15,18-19H,4-5,10,16-17H2,1-3H3,(H,32,33,34,35). The highest BCUT2D eigenvalue weighted by atomic mass is 16.2. The van der Waals surface area contributed by atoms with Crippen LogP contribution in [0, 0.1) is 6.92 Å². The number of nitrogens with one attached hydrogen (secondary N) is 1. The molecule has 0 saturated carbocycles. The van der Waals surface area contributed by atoms with Crippen molar-refractivity contribution in [3.8, 4) is 28.2 Å². The third-order valence-electron chi connectivity index (χ3n) is 6.95. The van der Waals surface area contributed by atoms with E-state index in [1.165, 1.54) is 6.92 Å². The van der Waals surface area contributed by atoms with Gasteiger partial charge in [-0.1, -0.05) is 55.8 Å². The van der Waals surface area contributed by atoms with Gasteiger partial charge in [-0.15, -0.1) is 10.2 Å². The number of hydrogen-bond acceptors (Lipinski definition) is 6. The molecule has 0 amide bonds. The zero-order valence-electron chi connectivity index (χ0n) is 22.4. The topological polar surface area (TPSA) is 111 Å². The molecule has 2 aromatic carbocycles. The van der Waals surface area contributed by atoms with Crippen LogP contribution in [0.5, 0.6) is 0 Å². The summed E-state index contributed by atoms with van der Waals surface area (Å²) in [6.07, 6.45) is 7.13. The van der Waals surface area contributed by atoms with Crippen LogP contribution in [-0.4, -0.2) is 40.5 Å². The first-order chi connectivity index (χ1) is 19.0. The summed E-state index contributed by atoms with van der Waals surface area (Å²) in [7, 11) is 0. The normalized spacial score (nSPS) is 11.2. The number of rotatable bonds is 10. The summed E-state index contributed by atoms with van der Waals surface area (Å²) in [4.78, 5) is 30.7. The van der Waals surface area contributed by atoms with Gasteiger partial charge in [0.25, 0.3) is 0 Å². The fourth-order valence-corrected chi connectivity index (χ4v) is 4.91. The molecule has 9 nitrogen and oxygen atoms in total. The van der Waals surface area contributed by atoms with E-state index in [0.717, 1.165) is 52.9 Å². The number of imidazole rings is 1. The number of aromatic nitrogens is 7. The van der Waals surface area contributed by atoms with Crippen LogP contribution in [0.3, 0.4) is 0 Å². The number of tetrazole rings is 1. The van der Waals surface area contributed by atoms with Crippen molar-refractivity contribution in [3.63, 3.8) is 0 Å². The van der Waals surface area contributed by atoms with Crippen LogP contribution in [0.4, 0.5) is 0 Å². The Labute approximate surface area is 226 Å². The van der Waals surface area contributed by atoms with E-state index >= 15 is 0 Å². The molecule has 3 aromatic heterocycles. The first kappa shape index (κ1) is 26.0. The van der Waals surface area contributed by atoms with Gasteiger partial charge in [0.1, 0.15) is 0 Å². The average Bonchev–Trinajstić information content (AvgIpc) is 3.59. The molecule has 198 valence electrons. The quantitative estimate of drug-likeness (QED) is 0.260. The zero-order valence-corrected chi connectivity index (χ0v) is 22.4. The number of benzene rings is 2. The number of aromatic amines is 1. The number of aryl methyl sites for hydroxylation is 3. The van der Waals surface area contributed by atoms with Crippen molar-refractivity contribution in [3.05, 3.63) is 100.0 Å². The van der Waals surface area contributed by atoms with Crippen molar-refractivity contribution in [2.75, 3.05) is 0 Å². The average molecular weight is 522 g/mol. The summed E-state index contributed by atoms with van der Waals surface area (Å²) >= 11 is 0. The van der Waals surface area contributed by atoms with Crippen LogP contribution in [0.15, 0.2) is 71.8 Å². The maximum atomic E-state index is 13.7. The molecule has 3 heterocycles. The van der Waals surface area contributed by atoms with E-state index in [1.54, 1.807) is 10.6 Å². The SMILES string of the molecule is CCCCc1cn(-c2c(C)cccc2C(C)=O)c(=O)n1CCc1ccc(-c2ccccc2-c2nn[nH]n2)cn1. The maximum Gasteiger partial charge on any atom is 0.332 e. The summed E-state index contributed by atoms with van der Waals surface area (Å²) < 4.78 is 3.47. The largest absolute Gasteiger partial charge is 0.332 e. The van der Waals surface area contributed by atoms with Gasteiger partial charge >= 0.3 is 5.69 Å². The molecule has 1 N–H and O–H groups in total. The van der Waals surface area contributed by atoms with Crippen molar-refractivity contribution in [1.29, 1.82) is 0 Å². The van der Waals surface area contributed by atoms with Gasteiger partial charge in [0.15, 0.2) is 5.78 Å². The van der Waals surface area contributed by atoms with Gasteiger partial charge in [0, 0.05) is 53.4 Å². The smallest absolute Gasteiger partial charge is 0.296 e. The number of carbonyl (C=O) groups excluding carboxylic acids is 1. The minimum atomic E-state index is -0.136. The van der Waals surface area contributed by atoms with Crippen molar-refractivity contribution in [2.24, 2.45) is 0 Å². The van der Waals surface area contributed by atoms with Crippen LogP contribution in [-0.2, 0) is 19.4 Å². The number of carbonyl (C=O) groups is 1. The van der Waals surface area contributed by atoms with Crippen LogP contribution in [0.1, 0.15) is 54.0 Å². The molecule has 0 aliphatic rings. The number of nitrogens with zero attached hydrogens (tertiary/aromatic N) is 6. The summed E-state index contributed by atoms with van der Waals surface area (Å²) in [6, 6.07) is 17.4. The molecule has 0 spiro atoms. The van der Waals surface area contributed by atoms with E-state index in [2.05, 4.69) is 27.5 Å². The highest BCUT2D eigenvalue weighted by molar-refractivity contribution is 5.98. The second-order valence-electron chi connectivity index (χ2n) is 9.62. The minimum absolute atomic E-state index is 0.0614. The molecule has 5 rings (SSSR count). The number of Topliss-reactive ketones (excluding diaryl/α,β-unsaturated/α-hetero) is 1. The predicted molar refractivity (Wildman–Crippen MR) is 150 cm³/mol. The highest BCUT2D eigenvalue weighted by Crippen LogP contribution is 2.29. The van der Waals surface area contributed by atoms with Gasteiger partial charge < -0.3 is 0 Å². The minimum Gasteiger partial charge on any atom is -0.296 e. The van der Waals surface area contributed by atoms with Crippen LogP contribution >= 0.6 is 0 Å². The first-order valence-corrected chi connectivity index (χ1v) is 13.2. The molecule has 9 heteroatoms. The Balaban J connectivity index is 1.43. The lowest BCUT2D eigenvalue weighted by molar-refractivity contribution is 0.101. The Morgan fingerprint density at radius 2 is 1.82 bits per heavy atom. The lowest BCUT2D eigenvalue weighted by Gasteiger charge is -2.11. The van der Waals surface area contributed by atoms with Gasteiger partial charge in [0.2, 0.25) is 5.82 Å². The number of H-pyrrole nitrogens is 1. The second-order valence-corrected chi connectivity index (χ2v) is 9.62. The Bertz CT molecular complexity index is 1650. The van der Waals surface area contributed by atoms with E-state index in [0.29, 0.717) is 30.0 Å². The van der Waals surface area contributed by atoms with E-state index in [9.17, 15) is 9.59 Å². The fourth-order valence-electron chi connectivity index (χ4n) is 4.91. The first-order valence-electron chi connectivity index (χ1n) is 13.2. The molecule has 0 aliphatic carbocycles. The molecule has 0 saturated heterocycles. The lowest BCUT2D eigenvalue weighted by Crippen LogP contribution is -2.26. The van der Waals surface area contributed by atoms with Crippen molar-refractivity contribution >= 4 is 5.78 Å². The molecule has 0 atom stereocenters. The Morgan fingerprint density at radius 1 is 1.00 bits per heavy atom. The van der Waals surface area contributed by atoms with Crippen LogP contribution in [0.25, 0.3) is 28.2 Å². The molecule has 39 heavy (non-hydrogen) atoms. The summed E-state index contributed by atoms with van der Waals surface area (Å²) in [5.74, 6) is 0.466. The van der Waals surface area contributed by atoms with Crippen molar-refractivity contribution in [1.82, 2.24) is 34.7 Å². The number of hydrogen-bond donors (Lipinski definition) is 1. The van der Waals surface area contributed by atoms with E-state index in [4.69, 9.17) is 4.98 Å². The van der Waals surface area contributed by atoms with Crippen LogP contribution in [0.2, 0.25) is 0 Å². The molecule has 0 unspecified atom stereocenters. The number of pyridine rings is 1. The van der Waals surface area contributed by atoms with Gasteiger partial charge in [-0.3, -0.25) is 18.9 Å². The Kier molecular flexibility index (Phi) is 7.58. The van der Waals surface area contributed by atoms with Crippen LogP contribution < -0.4 is 5.69 Å². The van der Waals surface area contributed by atoms with E-state index < -0.39 is 0 Å². The molecule has 0 radical (unpaired) electrons. The molecule has 5 aromatic rings. The summed E-state index contributed by atoms with van der Waals surface area (Å²) in [5.41, 5.74) is 6.60. The molecule has 0 fully saturated rings. The third kappa shape index (κ3) is 5.34. The Morgan fingerprint density at radius 3 is 2.51 bits per heavy atom. The Hall–Kier alpha value is -4.66. The zero-order chi connectivity index (χ0) is 27.4. The summed E-state index contributed by atoms with van der Waals surface area (Å²) in [5, 5.41) is 14.4. The molecular weight excluding hydrogens is 490 g/mol. The molecular formula is C30H31N7O2. The fraction of sp³-hybridized carbons (Fsp3) is 0.267. The number of unbranched alkanes of at least 4 members (excludes halogenated alkanes) is 1. The summed E-state index contributed by atoms with van der Waals surface area (Å²) in [6.45, 7) is 6.10. The van der Waals surface area contributed by atoms with Crippen molar-refractivity contribution in [2.45, 2.75) is 53.0 Å². The monoisotopic (exact) mass is 521 g/mol. The third-order valence-corrected chi connectivity index (χ3v) is 6.95. The van der Waals surface area contributed by atoms with Gasteiger partial charge in [-0.2, -0.15) is 5.21 Å². The maximum absolute atomic E-state index is 13.7. The predicted octanol–water partition coefficient (Wildman–Crippen LogP) is 4.98. The van der Waals surface area contributed by atoms with E-state index in [1.807, 2.05) is 72.4 Å². The molecule has 0 aliphatic heterocycles.